The number of nitrogens with two attached hydrogens (primary N) is 1. The first-order valence-electron chi connectivity index (χ1n) is 2.97. The number of hydrogen-bond acceptors (Lipinski definition) is 3. The van der Waals surface area contributed by atoms with Crippen molar-refractivity contribution < 1.29 is 23.1 Å². The van der Waals surface area contributed by atoms with Gasteiger partial charge in [-0.15, -0.1) is 0 Å². The van der Waals surface area contributed by atoms with E-state index in [1.54, 1.807) is 0 Å². The molecule has 1 heterocycles. The summed E-state index contributed by atoms with van der Waals surface area (Å²) in [5.74, 6) is -0.396. The lowest BCUT2D eigenvalue weighted by molar-refractivity contribution is -0.192. The lowest BCUT2D eigenvalue weighted by Gasteiger charge is -2.18. The molecule has 0 aromatic rings. The number of aliphatic carboxylic acids is 1. The molecule has 0 amide bonds. The van der Waals surface area contributed by atoms with Gasteiger partial charge in [0.25, 0.3) is 0 Å². The second-order valence-corrected chi connectivity index (χ2v) is 3.18. The molecule has 0 aromatic heterocycles. The van der Waals surface area contributed by atoms with E-state index in [1.165, 1.54) is 11.5 Å². The highest BCUT2D eigenvalue weighted by molar-refractivity contribution is 8.00. The van der Waals surface area contributed by atoms with Crippen molar-refractivity contribution in [2.45, 2.75) is 12.2 Å². The third-order valence-electron chi connectivity index (χ3n) is 0.906. The largest absolute Gasteiger partial charge is 0.490 e. The van der Waals surface area contributed by atoms with Crippen molar-refractivity contribution in [2.24, 2.45) is 5.73 Å². The van der Waals surface area contributed by atoms with Crippen molar-refractivity contribution in [3.8, 4) is 0 Å². The van der Waals surface area contributed by atoms with Crippen LogP contribution in [0.3, 0.4) is 0 Å². The first-order chi connectivity index (χ1) is 5.34. The molecule has 1 aliphatic rings. The smallest absolute Gasteiger partial charge is 0.475 e. The summed E-state index contributed by atoms with van der Waals surface area (Å²) >= 11 is 1.92. The van der Waals surface area contributed by atoms with Gasteiger partial charge in [0.1, 0.15) is 0 Å². The highest BCUT2D eigenvalue weighted by Crippen LogP contribution is 2.14. The minimum atomic E-state index is -5.08. The third-order valence-corrected chi connectivity index (χ3v) is 2.23. The number of carboxylic acid groups (broad SMARTS) is 1. The van der Waals surface area contributed by atoms with Crippen LogP contribution < -0.4 is 5.73 Å². The van der Waals surface area contributed by atoms with Crippen LogP contribution in [0, 0.1) is 0 Å². The Morgan fingerprint density at radius 1 is 1.50 bits per heavy atom. The summed E-state index contributed by atoms with van der Waals surface area (Å²) in [6.07, 6.45) is -5.08. The van der Waals surface area contributed by atoms with Crippen molar-refractivity contribution in [2.75, 3.05) is 11.5 Å². The van der Waals surface area contributed by atoms with E-state index >= 15 is 0 Å². The first-order valence-corrected chi connectivity index (χ1v) is 4.13. The Bertz CT molecular complexity index is 157. The van der Waals surface area contributed by atoms with Gasteiger partial charge >= 0.3 is 12.1 Å². The van der Waals surface area contributed by atoms with Crippen LogP contribution in [0.4, 0.5) is 13.2 Å². The Labute approximate surface area is 71.1 Å². The van der Waals surface area contributed by atoms with Gasteiger partial charge in [0.2, 0.25) is 0 Å². The van der Waals surface area contributed by atoms with E-state index in [9.17, 15) is 13.2 Å². The molecule has 3 N–H and O–H groups in total. The van der Waals surface area contributed by atoms with Crippen molar-refractivity contribution in [1.82, 2.24) is 0 Å². The van der Waals surface area contributed by atoms with Gasteiger partial charge in [0, 0.05) is 17.5 Å². The molecule has 0 atom stereocenters. The second kappa shape index (κ2) is 4.56. The maximum Gasteiger partial charge on any atom is 0.490 e. The molecule has 3 nitrogen and oxygen atoms in total. The number of rotatable bonds is 0. The van der Waals surface area contributed by atoms with E-state index in [1.807, 2.05) is 11.8 Å². The van der Waals surface area contributed by atoms with Crippen LogP contribution >= 0.6 is 11.8 Å². The SMILES string of the molecule is NC1CSC1.O=C(O)C(F)(F)F. The van der Waals surface area contributed by atoms with Crippen molar-refractivity contribution in [3.63, 3.8) is 0 Å². The van der Waals surface area contributed by atoms with Gasteiger partial charge in [0.05, 0.1) is 0 Å². The number of carboxylic acids is 1. The molecule has 1 aliphatic heterocycles. The molecule has 0 bridgehead atoms. The molecule has 1 fully saturated rings. The van der Waals surface area contributed by atoms with Crippen LogP contribution in [0.2, 0.25) is 0 Å². The standard InChI is InChI=1S/C3H7NS.C2HF3O2/c4-3-1-5-2-3;3-2(4,5)1(6)7/h3H,1-2,4H2;(H,6,7). The van der Waals surface area contributed by atoms with E-state index in [-0.39, 0.29) is 0 Å². The Hall–Kier alpha value is -0.430. The van der Waals surface area contributed by atoms with Crippen LogP contribution in [0.1, 0.15) is 0 Å². The molecule has 0 aromatic carbocycles. The summed E-state index contributed by atoms with van der Waals surface area (Å²) in [6, 6.07) is 0.528. The third kappa shape index (κ3) is 5.25. The van der Waals surface area contributed by atoms with E-state index in [2.05, 4.69) is 0 Å². The maximum absolute atomic E-state index is 10.6. The second-order valence-electron chi connectivity index (χ2n) is 2.10. The summed E-state index contributed by atoms with van der Waals surface area (Å²) in [4.78, 5) is 8.90. The van der Waals surface area contributed by atoms with Crippen molar-refractivity contribution in [3.05, 3.63) is 0 Å². The van der Waals surface area contributed by atoms with Gasteiger partial charge in [-0.05, 0) is 0 Å². The zero-order chi connectivity index (χ0) is 9.78. The molecule has 7 heteroatoms. The fourth-order valence-electron chi connectivity index (χ4n) is 0.254. The lowest BCUT2D eigenvalue weighted by atomic mass is 10.4. The summed E-state index contributed by atoms with van der Waals surface area (Å²) in [5.41, 5.74) is 5.36. The van der Waals surface area contributed by atoms with Gasteiger partial charge in [-0.2, -0.15) is 24.9 Å². The van der Waals surface area contributed by atoms with Crippen LogP contribution in [-0.2, 0) is 4.79 Å². The number of hydrogen-bond donors (Lipinski definition) is 2. The normalized spacial score (nSPS) is 17.3. The van der Waals surface area contributed by atoms with Crippen LogP contribution in [0.5, 0.6) is 0 Å². The molecule has 0 aliphatic carbocycles. The average molecular weight is 203 g/mol. The maximum atomic E-state index is 10.6. The van der Waals surface area contributed by atoms with Crippen LogP contribution in [0.25, 0.3) is 0 Å². The molecule has 0 unspecified atom stereocenters. The van der Waals surface area contributed by atoms with E-state index in [4.69, 9.17) is 15.6 Å². The van der Waals surface area contributed by atoms with Gasteiger partial charge in [0.15, 0.2) is 0 Å². The molecular formula is C5H8F3NO2S. The van der Waals surface area contributed by atoms with Gasteiger partial charge in [-0.1, -0.05) is 0 Å². The van der Waals surface area contributed by atoms with Gasteiger partial charge < -0.3 is 10.8 Å². The molecule has 72 valence electrons. The summed E-state index contributed by atoms with van der Waals surface area (Å²) in [7, 11) is 0. The highest BCUT2D eigenvalue weighted by Gasteiger charge is 2.38. The van der Waals surface area contributed by atoms with Crippen molar-refractivity contribution in [1.29, 1.82) is 0 Å². The Morgan fingerprint density at radius 2 is 1.75 bits per heavy atom. The predicted octanol–water partition coefficient (Wildman–Crippen LogP) is 0.694. The molecule has 0 spiro atoms. The zero-order valence-corrected chi connectivity index (χ0v) is 6.78. The lowest BCUT2D eigenvalue weighted by Crippen LogP contribution is -2.33. The molecular weight excluding hydrogens is 195 g/mol. The Balaban J connectivity index is 0.000000211. The number of alkyl halides is 3. The number of thioether (sulfide) groups is 1. The molecule has 1 saturated heterocycles. The van der Waals surface area contributed by atoms with Gasteiger partial charge in [-0.25, -0.2) is 4.79 Å². The summed E-state index contributed by atoms with van der Waals surface area (Å²) in [6.45, 7) is 0. The molecule has 12 heavy (non-hydrogen) atoms. The minimum Gasteiger partial charge on any atom is -0.475 e. The van der Waals surface area contributed by atoms with Crippen LogP contribution in [-0.4, -0.2) is 34.8 Å². The van der Waals surface area contributed by atoms with E-state index in [0.29, 0.717) is 6.04 Å². The quantitative estimate of drug-likeness (QED) is 0.608. The van der Waals surface area contributed by atoms with Gasteiger partial charge in [-0.3, -0.25) is 0 Å². The fraction of sp³-hybridized carbons (Fsp3) is 0.800. The first kappa shape index (κ1) is 11.6. The predicted molar refractivity (Wildman–Crippen MR) is 39.0 cm³/mol. The Kier molecular flexibility index (Phi) is 4.40. The van der Waals surface area contributed by atoms with E-state index < -0.39 is 12.1 Å². The molecule has 0 radical (unpaired) electrons. The molecule has 1 rings (SSSR count). The summed E-state index contributed by atoms with van der Waals surface area (Å²) in [5, 5.41) is 7.12. The topological polar surface area (TPSA) is 63.3 Å². The minimum absolute atomic E-state index is 0.528. The monoisotopic (exact) mass is 203 g/mol. The average Bonchev–Trinajstić information content (AvgIpc) is 1.83. The van der Waals surface area contributed by atoms with Crippen LogP contribution in [0.15, 0.2) is 0 Å². The van der Waals surface area contributed by atoms with Crippen molar-refractivity contribution >= 4 is 17.7 Å². The fourth-order valence-corrected chi connectivity index (χ4v) is 0.762. The number of carbonyl (C=O) groups is 1. The number of halogens is 3. The highest BCUT2D eigenvalue weighted by atomic mass is 32.2. The van der Waals surface area contributed by atoms with E-state index in [0.717, 1.165) is 0 Å². The summed E-state index contributed by atoms with van der Waals surface area (Å²) < 4.78 is 31.7. The Morgan fingerprint density at radius 3 is 1.75 bits per heavy atom. The molecule has 0 saturated carbocycles. The zero-order valence-electron chi connectivity index (χ0n) is 5.97.